The van der Waals surface area contributed by atoms with Gasteiger partial charge in [0.15, 0.2) is 17.3 Å². The molecule has 1 heterocycles. The lowest BCUT2D eigenvalue weighted by molar-refractivity contribution is -0.115. The monoisotopic (exact) mass is 414 g/mol. The van der Waals surface area contributed by atoms with E-state index in [-0.39, 0.29) is 17.3 Å². The molecule has 0 saturated heterocycles. The van der Waals surface area contributed by atoms with E-state index in [4.69, 9.17) is 4.74 Å². The largest absolute Gasteiger partial charge is 0.510 e. The number of aliphatic hydroxyl groups excluding tert-OH is 1. The number of hydrogen-bond donors (Lipinski definition) is 1. The van der Waals surface area contributed by atoms with Crippen LogP contribution in [0.1, 0.15) is 45.7 Å². The smallest absolute Gasteiger partial charge is 0.182 e. The van der Waals surface area contributed by atoms with Crippen molar-refractivity contribution in [3.8, 4) is 16.9 Å². The normalized spacial score (nSPS) is 18.1. The van der Waals surface area contributed by atoms with E-state index in [1.807, 2.05) is 52.8 Å². The minimum absolute atomic E-state index is 0.0646. The van der Waals surface area contributed by atoms with Crippen LogP contribution < -0.4 is 4.74 Å². The van der Waals surface area contributed by atoms with Crippen LogP contribution in [0.25, 0.3) is 16.7 Å². The highest BCUT2D eigenvalue weighted by Crippen LogP contribution is 2.50. The Morgan fingerprint density at radius 3 is 2.28 bits per heavy atom. The topological polar surface area (TPSA) is 46.5 Å². The van der Waals surface area contributed by atoms with Crippen molar-refractivity contribution < 1.29 is 19.0 Å². The van der Waals surface area contributed by atoms with Crippen LogP contribution in [0, 0.1) is 5.82 Å². The van der Waals surface area contributed by atoms with Crippen molar-refractivity contribution in [2.75, 3.05) is 7.11 Å². The van der Waals surface area contributed by atoms with Gasteiger partial charge >= 0.3 is 0 Å². The molecule has 0 aromatic heterocycles. The molecule has 5 heteroatoms. The first-order valence-corrected chi connectivity index (χ1v) is 10.5. The third-order valence-electron chi connectivity index (χ3n) is 5.33. The molecule has 3 nitrogen and oxygen atoms in total. The van der Waals surface area contributed by atoms with Crippen molar-refractivity contribution in [2.45, 2.75) is 50.5 Å². The lowest BCUT2D eigenvalue weighted by atomic mass is 9.85. The number of ketones is 1. The highest BCUT2D eigenvalue weighted by atomic mass is 32.2. The van der Waals surface area contributed by atoms with Crippen molar-refractivity contribution in [2.24, 2.45) is 0 Å². The van der Waals surface area contributed by atoms with Crippen LogP contribution in [0.15, 0.2) is 42.2 Å². The maximum atomic E-state index is 13.8. The Hall–Kier alpha value is -2.27. The summed E-state index contributed by atoms with van der Waals surface area (Å²) in [5, 5.41) is 10.9. The average Bonchev–Trinajstić information content (AvgIpc) is 2.66. The molecule has 2 aromatic carbocycles. The number of hydrogen-bond acceptors (Lipinski definition) is 4. The van der Waals surface area contributed by atoms with Gasteiger partial charge in [-0.3, -0.25) is 4.79 Å². The predicted octanol–water partition coefficient (Wildman–Crippen LogP) is 6.21. The third kappa shape index (κ3) is 3.80. The molecule has 154 valence electrons. The van der Waals surface area contributed by atoms with Gasteiger partial charge < -0.3 is 9.84 Å². The second-order valence-electron chi connectivity index (χ2n) is 8.25. The molecule has 0 bridgehead atoms. The van der Waals surface area contributed by atoms with E-state index in [1.54, 1.807) is 12.1 Å². The number of aliphatic hydroxyl groups is 1. The van der Waals surface area contributed by atoms with Gasteiger partial charge in [-0.05, 0) is 68.5 Å². The van der Waals surface area contributed by atoms with Gasteiger partial charge in [0.1, 0.15) is 5.76 Å². The quantitative estimate of drug-likeness (QED) is 0.646. The molecule has 0 unspecified atom stereocenters. The lowest BCUT2D eigenvalue weighted by Gasteiger charge is -2.39. The summed E-state index contributed by atoms with van der Waals surface area (Å²) < 4.78 is 17.7. The van der Waals surface area contributed by atoms with E-state index in [2.05, 4.69) is 0 Å². The van der Waals surface area contributed by atoms with Gasteiger partial charge in [-0.2, -0.15) is 0 Å². The zero-order valence-electron chi connectivity index (χ0n) is 17.7. The number of aryl methyl sites for hydroxylation is 1. The zero-order valence-corrected chi connectivity index (χ0v) is 18.5. The first-order valence-electron chi connectivity index (χ1n) is 9.67. The number of benzene rings is 2. The highest BCUT2D eigenvalue weighted by Gasteiger charge is 2.46. The molecule has 0 saturated carbocycles. The number of carbonyl (C=O) groups is 1. The van der Waals surface area contributed by atoms with Gasteiger partial charge in [-0.1, -0.05) is 31.2 Å². The summed E-state index contributed by atoms with van der Waals surface area (Å²) in [6.07, 6.45) is 0.694. The van der Waals surface area contributed by atoms with Crippen molar-refractivity contribution in [3.05, 3.63) is 59.1 Å². The summed E-state index contributed by atoms with van der Waals surface area (Å²) in [6.45, 7) is 9.69. The van der Waals surface area contributed by atoms with Crippen LogP contribution in [0.3, 0.4) is 0 Å². The van der Waals surface area contributed by atoms with Gasteiger partial charge in [0.25, 0.3) is 0 Å². The molecule has 0 spiro atoms. The van der Waals surface area contributed by atoms with Crippen LogP contribution >= 0.6 is 11.8 Å². The maximum Gasteiger partial charge on any atom is 0.182 e. The van der Waals surface area contributed by atoms with E-state index in [0.29, 0.717) is 12.0 Å². The molecule has 0 amide bonds. The molecule has 0 fully saturated rings. The van der Waals surface area contributed by atoms with Gasteiger partial charge in [0, 0.05) is 0 Å². The number of halogens is 1. The average molecular weight is 415 g/mol. The van der Waals surface area contributed by atoms with Crippen LogP contribution in [-0.2, 0) is 11.2 Å². The number of carbonyl (C=O) groups excluding carboxylic acids is 1. The number of allylic oxidation sites excluding steroid dienone is 1. The van der Waals surface area contributed by atoms with Crippen LogP contribution in [-0.4, -0.2) is 27.5 Å². The van der Waals surface area contributed by atoms with Crippen LogP contribution in [0.4, 0.5) is 4.39 Å². The van der Waals surface area contributed by atoms with Gasteiger partial charge in [0.05, 0.1) is 22.2 Å². The Morgan fingerprint density at radius 1 is 1.03 bits per heavy atom. The summed E-state index contributed by atoms with van der Waals surface area (Å²) in [4.78, 5) is 13.2. The third-order valence-corrected chi connectivity index (χ3v) is 6.73. The van der Waals surface area contributed by atoms with Crippen molar-refractivity contribution in [1.29, 1.82) is 0 Å². The Kier molecular flexibility index (Phi) is 5.56. The minimum Gasteiger partial charge on any atom is -0.510 e. The number of methoxy groups -OCH3 is 1. The minimum atomic E-state index is -0.626. The fourth-order valence-electron chi connectivity index (χ4n) is 3.84. The van der Waals surface area contributed by atoms with E-state index in [1.165, 1.54) is 24.9 Å². The first-order chi connectivity index (χ1) is 13.5. The van der Waals surface area contributed by atoms with Crippen molar-refractivity contribution in [1.82, 2.24) is 0 Å². The van der Waals surface area contributed by atoms with Crippen LogP contribution in [0.5, 0.6) is 5.75 Å². The van der Waals surface area contributed by atoms with Crippen LogP contribution in [0.2, 0.25) is 0 Å². The van der Waals surface area contributed by atoms with E-state index in [9.17, 15) is 14.3 Å². The molecule has 1 N–H and O–H groups in total. The molecule has 0 atom stereocenters. The Labute approximate surface area is 176 Å². The second kappa shape index (κ2) is 7.52. The van der Waals surface area contributed by atoms with Gasteiger partial charge in [0.2, 0.25) is 0 Å². The van der Waals surface area contributed by atoms with Crippen molar-refractivity contribution >= 4 is 23.1 Å². The summed E-state index contributed by atoms with van der Waals surface area (Å²) in [6, 6.07) is 10.5. The molecule has 3 rings (SSSR count). The van der Waals surface area contributed by atoms with E-state index in [0.717, 1.165) is 22.3 Å². The predicted molar refractivity (Wildman–Crippen MR) is 118 cm³/mol. The molecule has 29 heavy (non-hydrogen) atoms. The lowest BCUT2D eigenvalue weighted by Crippen LogP contribution is -2.41. The molecule has 1 aliphatic heterocycles. The maximum absolute atomic E-state index is 13.8. The summed E-state index contributed by atoms with van der Waals surface area (Å²) in [5.74, 6) is -0.163. The van der Waals surface area contributed by atoms with Crippen molar-refractivity contribution in [3.63, 3.8) is 0 Å². The Balaban J connectivity index is 2.16. The molecule has 0 radical (unpaired) electrons. The first kappa shape index (κ1) is 21.4. The number of Topliss-reactive ketones (excluding diaryl/α,β-unsaturated/α-hetero) is 1. The zero-order chi connectivity index (χ0) is 21.6. The molecular weight excluding hydrogens is 387 g/mol. The van der Waals surface area contributed by atoms with Gasteiger partial charge in [-0.15, -0.1) is 11.8 Å². The summed E-state index contributed by atoms with van der Waals surface area (Å²) in [5.41, 5.74) is 3.85. The van der Waals surface area contributed by atoms with E-state index < -0.39 is 15.3 Å². The second-order valence-corrected chi connectivity index (χ2v) is 10.5. The number of ether oxygens (including phenoxy) is 1. The fourth-order valence-corrected chi connectivity index (χ4v) is 5.51. The molecule has 1 aliphatic rings. The Morgan fingerprint density at radius 2 is 1.66 bits per heavy atom. The number of thioether (sulfide) groups is 1. The highest BCUT2D eigenvalue weighted by molar-refractivity contribution is 8.03. The Bertz CT molecular complexity index is 1010. The molecule has 0 aliphatic carbocycles. The SMILES string of the molecule is CCc1cc(-c2ccc(F)c(OC)c2)ccc1C1=C(O)C(C)(C)SC(C)(C)C1=O. The fraction of sp³-hybridized carbons (Fsp3) is 0.375. The summed E-state index contributed by atoms with van der Waals surface area (Å²) >= 11 is 1.47. The number of rotatable bonds is 4. The standard InChI is InChI=1S/C24H27FO3S/c1-7-14-12-15(16-9-11-18(25)19(13-16)28-6)8-10-17(14)20-21(26)23(2,3)29-24(4,5)22(20)27/h8-13,26H,7H2,1-6H3. The van der Waals surface area contributed by atoms with Gasteiger partial charge in [-0.25, -0.2) is 4.39 Å². The molecular formula is C24H27FO3S. The van der Waals surface area contributed by atoms with E-state index >= 15 is 0 Å². The molecule has 2 aromatic rings. The summed E-state index contributed by atoms with van der Waals surface area (Å²) in [7, 11) is 1.44.